The largest absolute Gasteiger partial charge is 0.497 e. The maximum absolute atomic E-state index is 13.8. The number of aliphatic imine (C=N–C) groups is 1. The number of amides is 1. The summed E-state index contributed by atoms with van der Waals surface area (Å²) in [6, 6.07) is 14.8. The minimum atomic E-state index is -1.27. The molecule has 2 aromatic rings. The Morgan fingerprint density at radius 1 is 1.25 bits per heavy atom. The summed E-state index contributed by atoms with van der Waals surface area (Å²) < 4.78 is 22.9. The molecule has 2 N–H and O–H groups in total. The molecule has 192 valence electrons. The normalized spacial score (nSPS) is 21.8. The predicted molar refractivity (Wildman–Crippen MR) is 135 cm³/mol. The fraction of sp³-hybridized carbons (Fsp3) is 0.407. The fourth-order valence-electron chi connectivity index (χ4n) is 4.26. The smallest absolute Gasteiger partial charge is 0.266 e. The molecule has 1 saturated heterocycles. The molecule has 2 aliphatic rings. The van der Waals surface area contributed by atoms with Crippen molar-refractivity contribution in [2.24, 2.45) is 4.99 Å². The third-order valence-corrected chi connectivity index (χ3v) is 6.15. The molecule has 36 heavy (non-hydrogen) atoms. The monoisotopic (exact) mass is 495 g/mol. The minimum absolute atomic E-state index is 0.0757. The van der Waals surface area contributed by atoms with Crippen LogP contribution in [0, 0.1) is 0 Å². The van der Waals surface area contributed by atoms with Crippen LogP contribution in [0.4, 0.5) is 0 Å². The second kappa shape index (κ2) is 12.0. The summed E-state index contributed by atoms with van der Waals surface area (Å²) in [6.45, 7) is 6.69. The van der Waals surface area contributed by atoms with Crippen molar-refractivity contribution < 1.29 is 28.8 Å². The zero-order chi connectivity index (χ0) is 25.4. The van der Waals surface area contributed by atoms with E-state index in [9.17, 15) is 4.79 Å². The lowest BCUT2D eigenvalue weighted by molar-refractivity contribution is -0.136. The molecule has 2 aliphatic heterocycles. The number of rotatable bonds is 11. The van der Waals surface area contributed by atoms with E-state index in [4.69, 9.17) is 29.0 Å². The lowest BCUT2D eigenvalue weighted by atomic mass is 9.84. The first-order chi connectivity index (χ1) is 17.6. The van der Waals surface area contributed by atoms with Crippen LogP contribution in [0.2, 0.25) is 0 Å². The van der Waals surface area contributed by atoms with Crippen LogP contribution in [0.25, 0.3) is 0 Å². The van der Waals surface area contributed by atoms with E-state index >= 15 is 0 Å². The fourth-order valence-corrected chi connectivity index (χ4v) is 4.26. The molecule has 9 nitrogen and oxygen atoms in total. The van der Waals surface area contributed by atoms with Crippen LogP contribution in [0.3, 0.4) is 0 Å². The van der Waals surface area contributed by atoms with Gasteiger partial charge in [0.15, 0.2) is 11.6 Å². The van der Waals surface area contributed by atoms with Crippen molar-refractivity contribution in [3.8, 4) is 11.5 Å². The molecular weight excluding hydrogens is 462 g/mol. The van der Waals surface area contributed by atoms with Gasteiger partial charge in [0.05, 0.1) is 26.9 Å². The van der Waals surface area contributed by atoms with Gasteiger partial charge in [0.1, 0.15) is 11.5 Å². The van der Waals surface area contributed by atoms with Gasteiger partial charge in [-0.15, -0.1) is 6.58 Å². The molecule has 0 spiro atoms. The predicted octanol–water partition coefficient (Wildman–Crippen LogP) is 2.65. The van der Waals surface area contributed by atoms with Gasteiger partial charge in [0, 0.05) is 38.1 Å². The number of benzene rings is 2. The molecule has 9 heteroatoms. The Balaban J connectivity index is 1.68. The number of nitrogens with zero attached hydrogens (tertiary/aromatic N) is 2. The van der Waals surface area contributed by atoms with Gasteiger partial charge in [-0.05, 0) is 42.0 Å². The highest BCUT2D eigenvalue weighted by Crippen LogP contribution is 2.43. The summed E-state index contributed by atoms with van der Waals surface area (Å²) >= 11 is 0. The summed E-state index contributed by atoms with van der Waals surface area (Å²) in [5, 5.41) is 10.8. The zero-order valence-electron chi connectivity index (χ0n) is 20.5. The number of aliphatic hydroxyl groups is 1. The van der Waals surface area contributed by atoms with Gasteiger partial charge in [0.2, 0.25) is 5.90 Å². The molecule has 0 saturated carbocycles. The second-order valence-electron chi connectivity index (χ2n) is 8.60. The molecule has 2 heterocycles. The van der Waals surface area contributed by atoms with E-state index in [1.165, 1.54) is 0 Å². The minimum Gasteiger partial charge on any atom is -0.497 e. The van der Waals surface area contributed by atoms with Crippen molar-refractivity contribution in [1.29, 1.82) is 0 Å². The molecular formula is C27H33N3O6. The number of aliphatic hydroxyl groups excluding tert-OH is 1. The molecule has 2 atom stereocenters. The van der Waals surface area contributed by atoms with Crippen LogP contribution >= 0.6 is 0 Å². The van der Waals surface area contributed by atoms with Gasteiger partial charge in [-0.2, -0.15) is 0 Å². The number of methoxy groups -OCH3 is 1. The first-order valence-electron chi connectivity index (χ1n) is 12.1. The van der Waals surface area contributed by atoms with Gasteiger partial charge < -0.3 is 24.1 Å². The van der Waals surface area contributed by atoms with Crippen LogP contribution in [-0.2, 0) is 14.3 Å². The average molecular weight is 496 g/mol. The van der Waals surface area contributed by atoms with E-state index in [2.05, 4.69) is 12.0 Å². The Labute approximate surface area is 211 Å². The molecule has 0 aliphatic carbocycles. The lowest BCUT2D eigenvalue weighted by Crippen LogP contribution is -2.56. The van der Waals surface area contributed by atoms with Gasteiger partial charge in [-0.25, -0.2) is 10.0 Å². The molecule has 2 aromatic carbocycles. The van der Waals surface area contributed by atoms with E-state index in [1.54, 1.807) is 13.2 Å². The molecule has 4 rings (SSSR count). The van der Waals surface area contributed by atoms with E-state index < -0.39 is 11.6 Å². The van der Waals surface area contributed by atoms with Gasteiger partial charge >= 0.3 is 0 Å². The van der Waals surface area contributed by atoms with Gasteiger partial charge in [-0.3, -0.25) is 10.2 Å². The number of hydrogen-bond donors (Lipinski definition) is 2. The van der Waals surface area contributed by atoms with Crippen molar-refractivity contribution in [3.05, 3.63) is 72.3 Å². The van der Waals surface area contributed by atoms with Crippen molar-refractivity contribution in [1.82, 2.24) is 10.4 Å². The van der Waals surface area contributed by atoms with Crippen LogP contribution < -0.4 is 14.9 Å². The summed E-state index contributed by atoms with van der Waals surface area (Å²) in [5.41, 5.74) is 3.27. The topological polar surface area (TPSA) is 102 Å². The van der Waals surface area contributed by atoms with E-state index in [0.717, 1.165) is 11.1 Å². The first-order valence-corrected chi connectivity index (χ1v) is 12.1. The molecule has 0 aromatic heterocycles. The number of carbonyl (C=O) groups is 1. The number of carbonyl (C=O) groups excluding carboxylic acids is 1. The molecule has 1 fully saturated rings. The average Bonchev–Trinajstić information content (AvgIpc) is 3.31. The maximum Gasteiger partial charge on any atom is 0.266 e. The van der Waals surface area contributed by atoms with E-state index in [0.29, 0.717) is 56.7 Å². The molecule has 0 bridgehead atoms. The Bertz CT molecular complexity index is 1070. The number of morpholine rings is 1. The number of nitrogens with one attached hydrogen (secondary N) is 1. The van der Waals surface area contributed by atoms with Crippen LogP contribution in [0.5, 0.6) is 11.5 Å². The first kappa shape index (κ1) is 25.7. The van der Waals surface area contributed by atoms with E-state index in [1.807, 2.05) is 53.5 Å². The lowest BCUT2D eigenvalue weighted by Gasteiger charge is -2.34. The van der Waals surface area contributed by atoms with Crippen molar-refractivity contribution in [2.75, 3.05) is 46.6 Å². The highest BCUT2D eigenvalue weighted by atomic mass is 16.5. The van der Waals surface area contributed by atoms with Gasteiger partial charge in [-0.1, -0.05) is 18.2 Å². The van der Waals surface area contributed by atoms with Crippen molar-refractivity contribution in [2.45, 2.75) is 24.5 Å². The highest BCUT2D eigenvalue weighted by Gasteiger charge is 2.53. The second-order valence-corrected chi connectivity index (χ2v) is 8.60. The van der Waals surface area contributed by atoms with E-state index in [-0.39, 0.29) is 18.9 Å². The van der Waals surface area contributed by atoms with Crippen molar-refractivity contribution in [3.63, 3.8) is 0 Å². The third kappa shape index (κ3) is 5.70. The summed E-state index contributed by atoms with van der Waals surface area (Å²) in [6.07, 6.45) is 1.83. The molecule has 1 amide bonds. The summed E-state index contributed by atoms with van der Waals surface area (Å²) in [4.78, 5) is 18.7. The van der Waals surface area contributed by atoms with Crippen LogP contribution in [0.15, 0.2) is 66.2 Å². The summed E-state index contributed by atoms with van der Waals surface area (Å²) in [7, 11) is 1.60. The summed E-state index contributed by atoms with van der Waals surface area (Å²) in [5.74, 6) is 1.44. The van der Waals surface area contributed by atoms with Crippen LogP contribution in [-0.4, -0.2) is 74.1 Å². The van der Waals surface area contributed by atoms with Crippen molar-refractivity contribution >= 4 is 11.8 Å². The molecule has 0 unspecified atom stereocenters. The third-order valence-electron chi connectivity index (χ3n) is 6.15. The SMILES string of the molecule is C=CC[C@]1(C(=O)NN2CCOCC2)N=C(c2ccc(OCCCO)cc2)O[C@H]1c1cccc(OC)c1. The molecule has 0 radical (unpaired) electrons. The zero-order valence-corrected chi connectivity index (χ0v) is 20.5. The quantitative estimate of drug-likeness (QED) is 0.365. The number of hydrazine groups is 1. The highest BCUT2D eigenvalue weighted by molar-refractivity contribution is 6.01. The van der Waals surface area contributed by atoms with Crippen LogP contribution in [0.1, 0.15) is 30.1 Å². The Morgan fingerprint density at radius 3 is 2.72 bits per heavy atom. The Kier molecular flexibility index (Phi) is 8.58. The maximum atomic E-state index is 13.8. The Morgan fingerprint density at radius 2 is 2.03 bits per heavy atom. The number of ether oxygens (including phenoxy) is 4. The standard InChI is InChI=1S/C27H33N3O6/c1-3-12-27(26(32)29-30-13-17-34-18-14-30)24(21-6-4-7-23(19-21)33-2)36-25(28-27)20-8-10-22(11-9-20)35-16-5-15-31/h3-4,6-11,19,24,31H,1,5,12-18H2,2H3,(H,29,32)/t24-,27-/m0/s1. The Hall–Kier alpha value is -3.40. The number of hydrogen-bond acceptors (Lipinski definition) is 8. The van der Waals surface area contributed by atoms with Gasteiger partial charge in [0.25, 0.3) is 5.91 Å².